The van der Waals surface area contributed by atoms with E-state index in [1.54, 1.807) is 20.8 Å². The van der Waals surface area contributed by atoms with Crippen LogP contribution < -0.4 is 16.0 Å². The molecule has 3 N–H and O–H groups in total. The van der Waals surface area contributed by atoms with Crippen LogP contribution in [0.2, 0.25) is 0 Å². The normalized spacial score (nSPS) is 22.7. The van der Waals surface area contributed by atoms with Gasteiger partial charge in [-0.3, -0.25) is 14.4 Å². The Kier molecular flexibility index (Phi) is 8.33. The van der Waals surface area contributed by atoms with Gasteiger partial charge in [-0.25, -0.2) is 4.79 Å². The molecule has 33 heavy (non-hydrogen) atoms. The molecule has 2 unspecified atom stereocenters. The van der Waals surface area contributed by atoms with Crippen LogP contribution in [0.5, 0.6) is 0 Å². The van der Waals surface area contributed by atoms with E-state index in [1.807, 2.05) is 20.8 Å². The van der Waals surface area contributed by atoms with Gasteiger partial charge in [0.15, 0.2) is 0 Å². The number of nitriles is 1. The van der Waals surface area contributed by atoms with Crippen molar-refractivity contribution in [1.29, 1.82) is 5.26 Å². The molecule has 4 atom stereocenters. The predicted molar refractivity (Wildman–Crippen MR) is 121 cm³/mol. The fraction of sp³-hybridized carbons (Fsp3) is 0.783. The number of likely N-dealkylation sites (tertiary alicyclic amines) is 1. The average Bonchev–Trinajstić information content (AvgIpc) is 3.32. The molecule has 0 saturated carbocycles. The molecule has 0 aliphatic carbocycles. The molecular formula is C23H37N5O5. The third-order valence-corrected chi connectivity index (χ3v) is 5.77. The summed E-state index contributed by atoms with van der Waals surface area (Å²) >= 11 is 0. The largest absolute Gasteiger partial charge is 0.444 e. The first-order valence-electron chi connectivity index (χ1n) is 11.5. The minimum absolute atomic E-state index is 0.108. The smallest absolute Gasteiger partial charge is 0.408 e. The molecule has 0 aromatic rings. The van der Waals surface area contributed by atoms with Gasteiger partial charge in [0.1, 0.15) is 23.7 Å². The van der Waals surface area contributed by atoms with Crippen molar-refractivity contribution in [3.05, 3.63) is 0 Å². The first-order chi connectivity index (χ1) is 15.2. The first kappa shape index (κ1) is 26.4. The number of nitrogens with one attached hydrogen (secondary N) is 3. The number of carbonyl (C=O) groups excluding carboxylic acids is 4. The summed E-state index contributed by atoms with van der Waals surface area (Å²) in [5.41, 5.74) is -1.34. The molecule has 10 heteroatoms. The van der Waals surface area contributed by atoms with Gasteiger partial charge in [0.2, 0.25) is 17.7 Å². The third kappa shape index (κ3) is 7.34. The number of ether oxygens (including phenoxy) is 1. The molecule has 2 aliphatic rings. The molecule has 2 heterocycles. The van der Waals surface area contributed by atoms with Gasteiger partial charge in [-0.15, -0.1) is 0 Å². The van der Waals surface area contributed by atoms with Crippen LogP contribution in [-0.2, 0) is 19.1 Å². The van der Waals surface area contributed by atoms with E-state index >= 15 is 0 Å². The number of amides is 4. The summed E-state index contributed by atoms with van der Waals surface area (Å²) in [6.07, 6.45) is 1.26. The summed E-state index contributed by atoms with van der Waals surface area (Å²) in [5, 5.41) is 17.6. The number of hydrogen-bond donors (Lipinski definition) is 3. The number of hydrogen-bond acceptors (Lipinski definition) is 6. The van der Waals surface area contributed by atoms with E-state index in [0.29, 0.717) is 32.4 Å². The lowest BCUT2D eigenvalue weighted by Gasteiger charge is -2.36. The van der Waals surface area contributed by atoms with Crippen LogP contribution in [0, 0.1) is 22.7 Å². The van der Waals surface area contributed by atoms with Gasteiger partial charge in [0, 0.05) is 19.0 Å². The summed E-state index contributed by atoms with van der Waals surface area (Å²) in [5.74, 6) is -1.20. The van der Waals surface area contributed by atoms with E-state index < -0.39 is 41.1 Å². The van der Waals surface area contributed by atoms with E-state index in [2.05, 4.69) is 22.0 Å². The van der Waals surface area contributed by atoms with Crippen LogP contribution in [0.15, 0.2) is 0 Å². The molecule has 4 amide bonds. The van der Waals surface area contributed by atoms with Crippen LogP contribution in [0.3, 0.4) is 0 Å². The van der Waals surface area contributed by atoms with Crippen LogP contribution in [0.4, 0.5) is 4.79 Å². The Morgan fingerprint density at radius 3 is 2.36 bits per heavy atom. The second kappa shape index (κ2) is 10.4. The van der Waals surface area contributed by atoms with E-state index in [1.165, 1.54) is 4.90 Å². The van der Waals surface area contributed by atoms with Gasteiger partial charge in [-0.05, 0) is 51.9 Å². The van der Waals surface area contributed by atoms with Gasteiger partial charge < -0.3 is 25.6 Å². The topological polar surface area (TPSA) is 141 Å². The minimum Gasteiger partial charge on any atom is -0.444 e. The molecule has 0 radical (unpaired) electrons. The zero-order chi connectivity index (χ0) is 25.0. The Hall–Kier alpha value is -2.83. The molecule has 0 aromatic carbocycles. The van der Waals surface area contributed by atoms with Gasteiger partial charge in [0.25, 0.3) is 0 Å². The first-order valence-corrected chi connectivity index (χ1v) is 11.5. The summed E-state index contributed by atoms with van der Waals surface area (Å²) in [6, 6.07) is -0.397. The lowest BCUT2D eigenvalue weighted by atomic mass is 9.85. The molecule has 2 aliphatic heterocycles. The lowest BCUT2D eigenvalue weighted by Crippen LogP contribution is -2.58. The quantitative estimate of drug-likeness (QED) is 0.545. The Balaban J connectivity index is 2.09. The average molecular weight is 464 g/mol. The Bertz CT molecular complexity index is 808. The summed E-state index contributed by atoms with van der Waals surface area (Å²) < 4.78 is 5.32. The second-order valence-electron chi connectivity index (χ2n) is 10.8. The molecule has 0 aromatic heterocycles. The highest BCUT2D eigenvalue weighted by molar-refractivity contribution is 5.92. The molecule has 2 saturated heterocycles. The van der Waals surface area contributed by atoms with Gasteiger partial charge >= 0.3 is 6.09 Å². The standard InChI is InChI=1S/C23H37N5O5/c1-22(2,3)17(27-21(32)33-23(4,5)6)20(31)28-11-7-8-16(28)19(30)26-15(13-24)12-14-9-10-25-18(14)29/h14-17H,7-12H2,1-6H3,(H,25,29)(H,26,30)(H,27,32)/t14?,15-,16?,17+/m0/s1. The maximum absolute atomic E-state index is 13.4. The minimum atomic E-state index is -0.894. The van der Waals surface area contributed by atoms with Crippen molar-refractivity contribution in [3.63, 3.8) is 0 Å². The van der Waals surface area contributed by atoms with Crippen molar-refractivity contribution in [1.82, 2.24) is 20.9 Å². The lowest BCUT2D eigenvalue weighted by molar-refractivity contribution is -0.142. The maximum Gasteiger partial charge on any atom is 0.408 e. The van der Waals surface area contributed by atoms with E-state index in [-0.39, 0.29) is 24.2 Å². The van der Waals surface area contributed by atoms with Crippen molar-refractivity contribution in [2.45, 2.75) is 91.0 Å². The van der Waals surface area contributed by atoms with E-state index in [4.69, 9.17) is 4.74 Å². The van der Waals surface area contributed by atoms with Crippen molar-refractivity contribution >= 4 is 23.8 Å². The van der Waals surface area contributed by atoms with Crippen molar-refractivity contribution < 1.29 is 23.9 Å². The fourth-order valence-corrected chi connectivity index (χ4v) is 4.11. The molecule has 10 nitrogen and oxygen atoms in total. The highest BCUT2D eigenvalue weighted by Crippen LogP contribution is 2.26. The number of alkyl carbamates (subject to hydrolysis) is 1. The molecule has 2 fully saturated rings. The predicted octanol–water partition coefficient (Wildman–Crippen LogP) is 1.45. The monoisotopic (exact) mass is 463 g/mol. The zero-order valence-electron chi connectivity index (χ0n) is 20.5. The summed E-state index contributed by atoms with van der Waals surface area (Å²) in [7, 11) is 0. The van der Waals surface area contributed by atoms with Crippen LogP contribution in [0.1, 0.15) is 67.2 Å². The van der Waals surface area contributed by atoms with Gasteiger partial charge in [-0.2, -0.15) is 5.26 Å². The highest BCUT2D eigenvalue weighted by atomic mass is 16.6. The molecule has 2 rings (SSSR count). The zero-order valence-corrected chi connectivity index (χ0v) is 20.5. The molecule has 184 valence electrons. The summed E-state index contributed by atoms with van der Waals surface area (Å²) in [6.45, 7) is 11.6. The Morgan fingerprint density at radius 1 is 1.18 bits per heavy atom. The molecule has 0 spiro atoms. The van der Waals surface area contributed by atoms with Crippen molar-refractivity contribution in [3.8, 4) is 6.07 Å². The summed E-state index contributed by atoms with van der Waals surface area (Å²) in [4.78, 5) is 52.1. The number of rotatable bonds is 6. The maximum atomic E-state index is 13.4. The van der Waals surface area contributed by atoms with Crippen LogP contribution >= 0.6 is 0 Å². The van der Waals surface area contributed by atoms with Crippen molar-refractivity contribution in [2.75, 3.05) is 13.1 Å². The van der Waals surface area contributed by atoms with Gasteiger partial charge in [-0.1, -0.05) is 20.8 Å². The van der Waals surface area contributed by atoms with Crippen LogP contribution in [-0.4, -0.2) is 65.5 Å². The second-order valence-corrected chi connectivity index (χ2v) is 10.8. The Morgan fingerprint density at radius 2 is 1.85 bits per heavy atom. The molecular weight excluding hydrogens is 426 g/mol. The van der Waals surface area contributed by atoms with Gasteiger partial charge in [0.05, 0.1) is 6.07 Å². The SMILES string of the molecule is CC(C)(C)OC(=O)N[C@H](C(=O)N1CCCC1C(=O)N[C@H](C#N)CC1CCNC1=O)C(C)(C)C. The number of carbonyl (C=O) groups is 4. The van der Waals surface area contributed by atoms with E-state index in [9.17, 15) is 24.4 Å². The van der Waals surface area contributed by atoms with Crippen LogP contribution in [0.25, 0.3) is 0 Å². The van der Waals surface area contributed by atoms with E-state index in [0.717, 1.165) is 0 Å². The number of nitrogens with zero attached hydrogens (tertiary/aromatic N) is 2. The highest BCUT2D eigenvalue weighted by Gasteiger charge is 2.43. The fourth-order valence-electron chi connectivity index (χ4n) is 4.11. The van der Waals surface area contributed by atoms with Crippen molar-refractivity contribution in [2.24, 2.45) is 11.3 Å². The molecule has 0 bridgehead atoms. The Labute approximate surface area is 195 Å². The third-order valence-electron chi connectivity index (χ3n) is 5.77.